The van der Waals surface area contributed by atoms with Gasteiger partial charge in [-0.05, 0) is 32.0 Å². The predicted molar refractivity (Wildman–Crippen MR) is 88.2 cm³/mol. The van der Waals surface area contributed by atoms with Gasteiger partial charge in [-0.2, -0.15) is 0 Å². The molecule has 1 heterocycles. The van der Waals surface area contributed by atoms with E-state index in [-0.39, 0.29) is 17.6 Å². The monoisotopic (exact) mass is 332 g/mol. The van der Waals surface area contributed by atoms with Crippen LogP contribution in [0, 0.1) is 0 Å². The second-order valence-electron chi connectivity index (χ2n) is 8.11. The number of hydrogen-bond acceptors (Lipinski definition) is 5. The molecule has 0 saturated carbocycles. The van der Waals surface area contributed by atoms with Crippen molar-refractivity contribution in [3.05, 3.63) is 0 Å². The van der Waals surface area contributed by atoms with Gasteiger partial charge in [-0.1, -0.05) is 20.8 Å². The van der Waals surface area contributed by atoms with E-state index in [9.17, 15) is 4.79 Å². The van der Waals surface area contributed by atoms with Gasteiger partial charge in [0.15, 0.2) is 14.1 Å². The van der Waals surface area contributed by atoms with Crippen LogP contribution in [0.5, 0.6) is 0 Å². The molecule has 22 heavy (non-hydrogen) atoms. The van der Waals surface area contributed by atoms with Crippen molar-refractivity contribution in [2.45, 2.75) is 77.5 Å². The Kier molecular flexibility index (Phi) is 5.88. The maximum Gasteiger partial charge on any atom is 0.302 e. The largest absolute Gasteiger partial charge is 0.463 e. The van der Waals surface area contributed by atoms with E-state index in [2.05, 4.69) is 33.9 Å². The summed E-state index contributed by atoms with van der Waals surface area (Å²) in [4.78, 5) is 11.2. The van der Waals surface area contributed by atoms with Crippen molar-refractivity contribution in [2.75, 3.05) is 19.8 Å². The van der Waals surface area contributed by atoms with Crippen molar-refractivity contribution in [3.8, 4) is 0 Å². The third-order valence-corrected chi connectivity index (χ3v) is 8.99. The fraction of sp³-hybridized carbons (Fsp3) is 0.938. The number of ether oxygens (including phenoxy) is 3. The van der Waals surface area contributed by atoms with E-state index < -0.39 is 19.7 Å². The van der Waals surface area contributed by atoms with Crippen LogP contribution in [0.1, 0.15) is 48.0 Å². The molecule has 6 heteroatoms. The maximum absolute atomic E-state index is 11.2. The predicted octanol–water partition coefficient (Wildman–Crippen LogP) is 3.48. The van der Waals surface area contributed by atoms with Gasteiger partial charge in [-0.25, -0.2) is 0 Å². The number of carbonyl (C=O) groups is 1. The van der Waals surface area contributed by atoms with E-state index in [1.165, 1.54) is 6.92 Å². The molecular weight excluding hydrogens is 300 g/mol. The van der Waals surface area contributed by atoms with Crippen molar-refractivity contribution >= 4 is 14.3 Å². The van der Waals surface area contributed by atoms with Crippen molar-refractivity contribution in [3.63, 3.8) is 0 Å². The first-order valence-corrected chi connectivity index (χ1v) is 10.8. The molecular formula is C16H32O5Si. The number of esters is 1. The molecule has 1 aliphatic rings. The van der Waals surface area contributed by atoms with Gasteiger partial charge in [0.05, 0.1) is 13.2 Å². The summed E-state index contributed by atoms with van der Waals surface area (Å²) in [7, 11) is -1.90. The Morgan fingerprint density at radius 3 is 2.27 bits per heavy atom. The molecule has 0 aliphatic carbocycles. The summed E-state index contributed by atoms with van der Waals surface area (Å²) in [5, 5.41) is 0.121. The minimum absolute atomic E-state index is 0.121. The van der Waals surface area contributed by atoms with E-state index in [4.69, 9.17) is 18.6 Å². The Hall–Kier alpha value is -0.433. The SMILES string of the molecule is CC(=O)OC[C@@]1(CO[Si](C)(C)C(C)(C)C)CCOC(C)(C)O1. The highest BCUT2D eigenvalue weighted by molar-refractivity contribution is 6.74. The van der Waals surface area contributed by atoms with Crippen LogP contribution in [0.3, 0.4) is 0 Å². The van der Waals surface area contributed by atoms with Crippen LogP contribution >= 0.6 is 0 Å². The first-order chi connectivity index (χ1) is 9.79. The molecule has 5 nitrogen and oxygen atoms in total. The Morgan fingerprint density at radius 1 is 1.23 bits per heavy atom. The van der Waals surface area contributed by atoms with E-state index in [0.717, 1.165) is 0 Å². The van der Waals surface area contributed by atoms with Crippen molar-refractivity contribution in [1.29, 1.82) is 0 Å². The van der Waals surface area contributed by atoms with Crippen molar-refractivity contribution < 1.29 is 23.4 Å². The molecule has 0 aromatic heterocycles. The summed E-state index contributed by atoms with van der Waals surface area (Å²) in [6.45, 7) is 17.4. The summed E-state index contributed by atoms with van der Waals surface area (Å²) in [5.41, 5.74) is -0.636. The fourth-order valence-corrected chi connectivity index (χ4v) is 3.15. The molecule has 1 aliphatic heterocycles. The number of hydrogen-bond donors (Lipinski definition) is 0. The smallest absolute Gasteiger partial charge is 0.302 e. The Bertz CT molecular complexity index is 400. The van der Waals surface area contributed by atoms with Gasteiger partial charge >= 0.3 is 5.97 Å². The molecule has 0 aromatic carbocycles. The molecule has 0 bridgehead atoms. The summed E-state index contributed by atoms with van der Waals surface area (Å²) >= 11 is 0. The third-order valence-electron chi connectivity index (χ3n) is 4.51. The van der Waals surface area contributed by atoms with E-state index in [1.807, 2.05) is 13.8 Å². The van der Waals surface area contributed by atoms with Gasteiger partial charge in [-0.3, -0.25) is 4.79 Å². The van der Waals surface area contributed by atoms with Gasteiger partial charge in [0.1, 0.15) is 12.2 Å². The van der Waals surface area contributed by atoms with Gasteiger partial charge in [0.2, 0.25) is 0 Å². The molecule has 0 unspecified atom stereocenters. The van der Waals surface area contributed by atoms with Crippen LogP contribution < -0.4 is 0 Å². The van der Waals surface area contributed by atoms with Crippen LogP contribution in [0.2, 0.25) is 18.1 Å². The molecule has 1 saturated heterocycles. The molecule has 0 amide bonds. The van der Waals surface area contributed by atoms with Gasteiger partial charge in [-0.15, -0.1) is 0 Å². The zero-order valence-corrected chi connectivity index (χ0v) is 16.4. The summed E-state index contributed by atoms with van der Waals surface area (Å²) in [5.74, 6) is -1.01. The lowest BCUT2D eigenvalue weighted by atomic mass is 10.00. The van der Waals surface area contributed by atoms with Crippen LogP contribution in [-0.2, 0) is 23.4 Å². The minimum Gasteiger partial charge on any atom is -0.463 e. The zero-order valence-electron chi connectivity index (χ0n) is 15.4. The van der Waals surface area contributed by atoms with Gasteiger partial charge in [0, 0.05) is 13.3 Å². The first kappa shape index (κ1) is 19.6. The van der Waals surface area contributed by atoms with Gasteiger partial charge in [0.25, 0.3) is 0 Å². The molecule has 1 rings (SSSR count). The first-order valence-electron chi connectivity index (χ1n) is 7.90. The van der Waals surface area contributed by atoms with Crippen LogP contribution in [-0.4, -0.2) is 45.5 Å². The van der Waals surface area contributed by atoms with Crippen LogP contribution in [0.25, 0.3) is 0 Å². The lowest BCUT2D eigenvalue weighted by molar-refractivity contribution is -0.323. The highest BCUT2D eigenvalue weighted by Crippen LogP contribution is 2.39. The molecule has 1 fully saturated rings. The van der Waals surface area contributed by atoms with E-state index >= 15 is 0 Å². The number of rotatable bonds is 5. The number of carbonyl (C=O) groups excluding carboxylic acids is 1. The zero-order chi connectivity index (χ0) is 17.2. The fourth-order valence-electron chi connectivity index (χ4n) is 2.09. The lowest BCUT2D eigenvalue weighted by Crippen LogP contribution is -2.56. The second kappa shape index (κ2) is 6.59. The molecule has 1 atom stereocenters. The second-order valence-corrected chi connectivity index (χ2v) is 12.9. The Morgan fingerprint density at radius 2 is 1.82 bits per heavy atom. The average molecular weight is 333 g/mol. The molecule has 0 radical (unpaired) electrons. The quantitative estimate of drug-likeness (QED) is 0.570. The highest BCUT2D eigenvalue weighted by Gasteiger charge is 2.46. The van der Waals surface area contributed by atoms with Gasteiger partial charge < -0.3 is 18.6 Å². The molecule has 0 N–H and O–H groups in total. The van der Waals surface area contributed by atoms with E-state index in [1.54, 1.807) is 0 Å². The third kappa shape index (κ3) is 5.33. The van der Waals surface area contributed by atoms with Crippen LogP contribution in [0.15, 0.2) is 0 Å². The van der Waals surface area contributed by atoms with Crippen molar-refractivity contribution in [1.82, 2.24) is 0 Å². The average Bonchev–Trinajstić information content (AvgIpc) is 2.32. The van der Waals surface area contributed by atoms with E-state index in [0.29, 0.717) is 19.6 Å². The van der Waals surface area contributed by atoms with Crippen molar-refractivity contribution in [2.24, 2.45) is 0 Å². The molecule has 0 aromatic rings. The summed E-state index contributed by atoms with van der Waals surface area (Å²) < 4.78 is 23.3. The normalized spacial score (nSPS) is 25.8. The summed E-state index contributed by atoms with van der Waals surface area (Å²) in [6, 6.07) is 0. The highest BCUT2D eigenvalue weighted by atomic mass is 28.4. The van der Waals surface area contributed by atoms with Crippen LogP contribution in [0.4, 0.5) is 0 Å². The maximum atomic E-state index is 11.2. The lowest BCUT2D eigenvalue weighted by Gasteiger charge is -2.46. The molecule has 0 spiro atoms. The Labute approximate surface area is 135 Å². The molecule has 130 valence electrons. The Balaban J connectivity index is 2.85. The summed E-state index contributed by atoms with van der Waals surface area (Å²) in [6.07, 6.45) is 0.651. The topological polar surface area (TPSA) is 54.0 Å². The standard InChI is InChI=1S/C16H32O5Si/c1-13(17)18-11-16(9-10-19-15(5,6)21-16)12-20-22(7,8)14(2,3)4/h9-12H2,1-8H3/t16-/m1/s1. The minimum atomic E-state index is -1.90.